The molecule has 1 unspecified atom stereocenters. The summed E-state index contributed by atoms with van der Waals surface area (Å²) in [6.45, 7) is 7.51. The molecule has 4 N–H and O–H groups in total. The summed E-state index contributed by atoms with van der Waals surface area (Å²) in [4.78, 5) is 32.3. The van der Waals surface area contributed by atoms with Gasteiger partial charge in [-0.15, -0.1) is 11.3 Å². The fourth-order valence-electron chi connectivity index (χ4n) is 3.00. The van der Waals surface area contributed by atoms with Gasteiger partial charge in [-0.25, -0.2) is 9.37 Å². The van der Waals surface area contributed by atoms with Crippen LogP contribution >= 0.6 is 11.3 Å². The van der Waals surface area contributed by atoms with Crippen LogP contribution < -0.4 is 16.4 Å². The molecule has 0 aliphatic heterocycles. The van der Waals surface area contributed by atoms with Gasteiger partial charge in [-0.2, -0.15) is 0 Å². The van der Waals surface area contributed by atoms with Gasteiger partial charge in [0.25, 0.3) is 0 Å². The molecule has 0 radical (unpaired) electrons. The monoisotopic (exact) mass is 421 g/mol. The number of benzene rings is 1. The van der Waals surface area contributed by atoms with Crippen molar-refractivity contribution in [1.82, 2.24) is 20.5 Å². The van der Waals surface area contributed by atoms with Crippen LogP contribution in [0, 0.1) is 5.82 Å². The number of likely N-dealkylation sites (N-methyl/N-ethyl adjacent to an activating group) is 1. The van der Waals surface area contributed by atoms with Gasteiger partial charge in [0.2, 0.25) is 11.8 Å². The van der Waals surface area contributed by atoms with Gasteiger partial charge in [-0.05, 0) is 37.7 Å². The van der Waals surface area contributed by atoms with Crippen LogP contribution in [0.1, 0.15) is 31.2 Å². The van der Waals surface area contributed by atoms with Crippen LogP contribution in [0.3, 0.4) is 0 Å². The molecule has 0 aliphatic rings. The molecular weight excluding hydrogens is 393 g/mol. The number of thiazole rings is 1. The number of aromatic nitrogens is 1. The highest BCUT2D eigenvalue weighted by atomic mass is 32.1. The van der Waals surface area contributed by atoms with Crippen molar-refractivity contribution >= 4 is 28.3 Å². The smallest absolute Gasteiger partial charge is 0.243 e. The number of halogens is 1. The molecular formula is C20H28FN5O2S. The number of nitrogens with zero attached hydrogens (tertiary/aromatic N) is 2. The molecule has 0 spiro atoms. The molecule has 0 aliphatic carbocycles. The number of nitrogen functional groups attached to an aromatic ring is 1. The summed E-state index contributed by atoms with van der Waals surface area (Å²) in [7, 11) is 0. The molecule has 1 heterocycles. The molecule has 158 valence electrons. The second kappa shape index (κ2) is 10.9. The van der Waals surface area contributed by atoms with Gasteiger partial charge in [0.1, 0.15) is 11.9 Å². The first-order valence-corrected chi connectivity index (χ1v) is 10.4. The van der Waals surface area contributed by atoms with E-state index in [1.54, 1.807) is 18.3 Å². The molecule has 7 nitrogen and oxygen atoms in total. The summed E-state index contributed by atoms with van der Waals surface area (Å²) < 4.78 is 13.2. The molecule has 0 saturated heterocycles. The molecule has 2 amide bonds. The summed E-state index contributed by atoms with van der Waals surface area (Å²) in [5.41, 5.74) is 6.37. The van der Waals surface area contributed by atoms with Gasteiger partial charge >= 0.3 is 0 Å². The second-order valence-corrected chi connectivity index (χ2v) is 7.82. The lowest BCUT2D eigenvalue weighted by atomic mass is 10.0. The summed E-state index contributed by atoms with van der Waals surface area (Å²) >= 11 is 1.29. The van der Waals surface area contributed by atoms with E-state index in [0.717, 1.165) is 23.5 Å². The Morgan fingerprint density at radius 3 is 2.41 bits per heavy atom. The fraction of sp³-hybridized carbons (Fsp3) is 0.450. The summed E-state index contributed by atoms with van der Waals surface area (Å²) in [6.07, 6.45) is 1.87. The van der Waals surface area contributed by atoms with Crippen molar-refractivity contribution in [2.24, 2.45) is 0 Å². The van der Waals surface area contributed by atoms with E-state index in [2.05, 4.69) is 15.6 Å². The number of nitrogens with one attached hydrogen (secondary N) is 2. The molecule has 1 aromatic carbocycles. The number of hydrogen-bond acceptors (Lipinski definition) is 6. The van der Waals surface area contributed by atoms with Gasteiger partial charge in [0.05, 0.1) is 12.6 Å². The Balaban J connectivity index is 2.09. The van der Waals surface area contributed by atoms with Gasteiger partial charge in [-0.1, -0.05) is 26.0 Å². The number of amides is 2. The molecule has 1 aromatic heterocycles. The molecule has 2 rings (SSSR count). The van der Waals surface area contributed by atoms with Crippen molar-refractivity contribution in [3.05, 3.63) is 46.7 Å². The second-order valence-electron chi connectivity index (χ2n) is 6.67. The molecule has 9 heteroatoms. The number of hydrogen-bond donors (Lipinski definition) is 3. The first-order valence-electron chi connectivity index (χ1n) is 9.60. The Bertz CT molecular complexity index is 807. The first kappa shape index (κ1) is 22.8. The zero-order valence-corrected chi connectivity index (χ0v) is 17.8. The lowest BCUT2D eigenvalue weighted by Crippen LogP contribution is -2.53. The number of carbonyl (C=O) groups excluding carboxylic acids is 2. The first-order chi connectivity index (χ1) is 13.8. The topological polar surface area (TPSA) is 100 Å². The van der Waals surface area contributed by atoms with Crippen LogP contribution in [0.15, 0.2) is 30.5 Å². The van der Waals surface area contributed by atoms with Crippen LogP contribution in [0.4, 0.5) is 9.52 Å². The van der Waals surface area contributed by atoms with E-state index in [4.69, 9.17) is 5.73 Å². The van der Waals surface area contributed by atoms with Crippen LogP contribution in [0.25, 0.3) is 0 Å². The maximum atomic E-state index is 13.2. The van der Waals surface area contributed by atoms with E-state index in [1.807, 2.05) is 25.7 Å². The SMILES string of the molecule is CCN(CC)C(C)C(=O)N[C@@H](Cc1ccc(F)cc1)C(=O)NCc1cnc(N)s1. The number of anilines is 1. The minimum absolute atomic E-state index is 0.224. The van der Waals surface area contributed by atoms with E-state index >= 15 is 0 Å². The van der Waals surface area contributed by atoms with E-state index < -0.39 is 6.04 Å². The van der Waals surface area contributed by atoms with Gasteiger partial charge in [0, 0.05) is 17.5 Å². The van der Waals surface area contributed by atoms with Crippen molar-refractivity contribution in [2.45, 2.75) is 45.8 Å². The third kappa shape index (κ3) is 6.79. The van der Waals surface area contributed by atoms with Gasteiger partial charge < -0.3 is 16.4 Å². The highest BCUT2D eigenvalue weighted by Crippen LogP contribution is 2.14. The maximum absolute atomic E-state index is 13.2. The average Bonchev–Trinajstić information content (AvgIpc) is 3.13. The molecule has 29 heavy (non-hydrogen) atoms. The predicted octanol–water partition coefficient (Wildman–Crippen LogP) is 1.94. The normalized spacial score (nSPS) is 13.1. The lowest BCUT2D eigenvalue weighted by Gasteiger charge is -2.27. The predicted molar refractivity (Wildman–Crippen MR) is 113 cm³/mol. The van der Waals surface area contributed by atoms with E-state index in [9.17, 15) is 14.0 Å². The van der Waals surface area contributed by atoms with Crippen molar-refractivity contribution in [1.29, 1.82) is 0 Å². The fourth-order valence-corrected chi connectivity index (χ4v) is 3.62. The maximum Gasteiger partial charge on any atom is 0.243 e. The Morgan fingerprint density at radius 2 is 1.86 bits per heavy atom. The van der Waals surface area contributed by atoms with Crippen molar-refractivity contribution in [2.75, 3.05) is 18.8 Å². The van der Waals surface area contributed by atoms with E-state index in [0.29, 0.717) is 5.13 Å². The van der Waals surface area contributed by atoms with Gasteiger partial charge in [0.15, 0.2) is 5.13 Å². The number of nitrogens with two attached hydrogens (primary N) is 1. The molecule has 0 fully saturated rings. The largest absolute Gasteiger partial charge is 0.375 e. The van der Waals surface area contributed by atoms with E-state index in [1.165, 1.54) is 23.5 Å². The summed E-state index contributed by atoms with van der Waals surface area (Å²) in [6, 6.07) is 4.75. The zero-order valence-electron chi connectivity index (χ0n) is 16.9. The highest BCUT2D eigenvalue weighted by molar-refractivity contribution is 7.15. The minimum Gasteiger partial charge on any atom is -0.375 e. The third-order valence-electron chi connectivity index (χ3n) is 4.73. The molecule has 0 saturated carbocycles. The molecule has 2 aromatic rings. The Labute approximate surface area is 174 Å². The van der Waals surface area contributed by atoms with Crippen LogP contribution in [-0.4, -0.2) is 46.9 Å². The van der Waals surface area contributed by atoms with Crippen molar-refractivity contribution in [3.8, 4) is 0 Å². The van der Waals surface area contributed by atoms with Crippen molar-refractivity contribution < 1.29 is 14.0 Å². The van der Waals surface area contributed by atoms with Crippen LogP contribution in [0.5, 0.6) is 0 Å². The molecule has 2 atom stereocenters. The Hall–Kier alpha value is -2.52. The van der Waals surface area contributed by atoms with E-state index in [-0.39, 0.29) is 36.6 Å². The lowest BCUT2D eigenvalue weighted by molar-refractivity contribution is -0.131. The van der Waals surface area contributed by atoms with Crippen LogP contribution in [0.2, 0.25) is 0 Å². The minimum atomic E-state index is -0.781. The number of carbonyl (C=O) groups is 2. The Morgan fingerprint density at radius 1 is 1.21 bits per heavy atom. The summed E-state index contributed by atoms with van der Waals surface area (Å²) in [5, 5.41) is 6.10. The average molecular weight is 422 g/mol. The van der Waals surface area contributed by atoms with Gasteiger partial charge in [-0.3, -0.25) is 14.5 Å². The standard InChI is InChI=1S/C20H28FN5O2S/c1-4-26(5-2)13(3)18(27)25-17(10-14-6-8-15(21)9-7-14)19(28)23-11-16-12-24-20(22)29-16/h6-9,12-13,17H,4-5,10-11H2,1-3H3,(H2,22,24)(H,23,28)(H,25,27)/t13?,17-/m0/s1. The quantitative estimate of drug-likeness (QED) is 0.544. The van der Waals surface area contributed by atoms with Crippen molar-refractivity contribution in [3.63, 3.8) is 0 Å². The zero-order chi connectivity index (χ0) is 21.4. The number of rotatable bonds is 10. The van der Waals surface area contributed by atoms with Crippen LogP contribution in [-0.2, 0) is 22.6 Å². The summed E-state index contributed by atoms with van der Waals surface area (Å²) in [5.74, 6) is -0.892. The Kier molecular flexibility index (Phi) is 8.53. The molecule has 0 bridgehead atoms. The highest BCUT2D eigenvalue weighted by Gasteiger charge is 2.26. The third-order valence-corrected chi connectivity index (χ3v) is 5.56.